The van der Waals surface area contributed by atoms with E-state index < -0.39 is 117 Å². The van der Waals surface area contributed by atoms with Crippen LogP contribution in [0.15, 0.2) is 0 Å². The molecular formula is C44H74O19. The first kappa shape index (κ1) is 48.7. The van der Waals surface area contributed by atoms with Gasteiger partial charge in [0.1, 0.15) is 67.1 Å². The largest absolute Gasteiger partial charge is 0.394 e. The molecule has 0 bridgehead atoms. The predicted octanol–water partition coefficient (Wildman–Crippen LogP) is -2.17. The quantitative estimate of drug-likeness (QED) is 0.0928. The van der Waals surface area contributed by atoms with Crippen molar-refractivity contribution in [1.29, 1.82) is 0 Å². The van der Waals surface area contributed by atoms with E-state index in [1.807, 2.05) is 6.92 Å². The van der Waals surface area contributed by atoms with E-state index in [0.29, 0.717) is 43.4 Å². The molecule has 12 N–H and O–H groups in total. The topological polar surface area (TPSA) is 307 Å². The van der Waals surface area contributed by atoms with Crippen LogP contribution in [0.2, 0.25) is 0 Å². The Kier molecular flexibility index (Phi) is 14.4. The fourth-order valence-electron chi connectivity index (χ4n) is 13.9. The molecular weight excluding hydrogens is 832 g/mol. The van der Waals surface area contributed by atoms with Crippen molar-refractivity contribution in [2.24, 2.45) is 52.3 Å². The minimum absolute atomic E-state index is 0.0541. The highest BCUT2D eigenvalue weighted by atomic mass is 16.8. The van der Waals surface area contributed by atoms with Crippen LogP contribution in [0.3, 0.4) is 0 Å². The molecule has 0 aromatic heterocycles. The van der Waals surface area contributed by atoms with Gasteiger partial charge >= 0.3 is 0 Å². The SMILES string of the molecule is CC(CCC1(O)OC2CC3C4CCC5CC(O[C@@H]6O[C@H](CO)[C@@H](O)[C@H](O)[C@H]6O[C@@H]6OC[C@@H](O)[C@H](O)[C@H]6O)C(O)CC5(C)C4CCC3(C)C2C1C)CO[C@@H]1O[C@H](CO)[C@@H](O)[C@H](O)[C@H]1O. The summed E-state index contributed by atoms with van der Waals surface area (Å²) < 4.78 is 41.5. The van der Waals surface area contributed by atoms with Crippen LogP contribution in [-0.2, 0) is 33.2 Å². The Morgan fingerprint density at radius 1 is 0.698 bits per heavy atom. The van der Waals surface area contributed by atoms with Crippen molar-refractivity contribution < 1.29 is 94.4 Å². The van der Waals surface area contributed by atoms with Gasteiger partial charge in [-0.2, -0.15) is 0 Å². The minimum atomic E-state index is -1.68. The normalized spacial score (nSPS) is 56.3. The number of aliphatic hydroxyl groups excluding tert-OH is 11. The number of hydrogen-bond acceptors (Lipinski definition) is 19. The van der Waals surface area contributed by atoms with Crippen molar-refractivity contribution in [2.75, 3.05) is 26.4 Å². The molecule has 0 aromatic carbocycles. The van der Waals surface area contributed by atoms with E-state index in [2.05, 4.69) is 20.8 Å². The molecule has 0 radical (unpaired) electrons. The summed E-state index contributed by atoms with van der Waals surface area (Å²) in [7, 11) is 0. The van der Waals surface area contributed by atoms with E-state index in [1.165, 1.54) is 0 Å². The van der Waals surface area contributed by atoms with Crippen LogP contribution in [0.4, 0.5) is 0 Å². The maximum Gasteiger partial charge on any atom is 0.187 e. The van der Waals surface area contributed by atoms with Crippen molar-refractivity contribution in [2.45, 2.75) is 196 Å². The molecule has 4 saturated heterocycles. The molecule has 8 fully saturated rings. The fourth-order valence-corrected chi connectivity index (χ4v) is 13.9. The zero-order valence-electron chi connectivity index (χ0n) is 36.8. The number of aliphatic hydroxyl groups is 12. The van der Waals surface area contributed by atoms with Crippen molar-refractivity contribution in [3.63, 3.8) is 0 Å². The average molecular weight is 907 g/mol. The van der Waals surface area contributed by atoms with Gasteiger partial charge in [-0.25, -0.2) is 0 Å². The molecule has 0 aromatic rings. The lowest BCUT2D eigenvalue weighted by Crippen LogP contribution is -2.64. The standard InChI is InChI=1S/C44H74O19/c1-18(16-57-39-37(55)34(52)32(50)28(14-45)60-39)7-10-44(56)19(2)30-27(63-44)12-23-21-6-5-20-11-26(24(47)13-43(20,4)22(21)8-9-42(23,30)3)59-41-38(35(53)33(51)29(15-46)61-41)62-40-36(54)31(49)25(48)17-58-40/h18-41,45-56H,5-17H2,1-4H3/t18?,19?,20?,21?,22?,23?,24?,25-,26?,27?,28-,29-,30?,31+,32-,33-,34+,35+,36-,37-,38-,39-,40+,41-,42?,43?,44?/m1/s1. The summed E-state index contributed by atoms with van der Waals surface area (Å²) in [5, 5.41) is 126. The molecule has 8 rings (SSSR count). The van der Waals surface area contributed by atoms with Crippen LogP contribution in [0.5, 0.6) is 0 Å². The molecule has 13 unspecified atom stereocenters. The summed E-state index contributed by atoms with van der Waals surface area (Å²) in [6.45, 7) is 7.35. The first-order valence-electron chi connectivity index (χ1n) is 23.4. The Bertz CT molecular complexity index is 1550. The number of ether oxygens (including phenoxy) is 7. The van der Waals surface area contributed by atoms with Crippen LogP contribution in [0, 0.1) is 52.3 Å². The van der Waals surface area contributed by atoms with E-state index in [0.717, 1.165) is 32.1 Å². The summed E-state index contributed by atoms with van der Waals surface area (Å²) in [5.41, 5.74) is -0.257. The van der Waals surface area contributed by atoms with E-state index >= 15 is 0 Å². The monoisotopic (exact) mass is 906 g/mol. The maximum absolute atomic E-state index is 12.0. The smallest absolute Gasteiger partial charge is 0.187 e. The lowest BCUT2D eigenvalue weighted by atomic mass is 9.44. The van der Waals surface area contributed by atoms with Crippen LogP contribution in [0.1, 0.15) is 85.5 Å². The summed E-state index contributed by atoms with van der Waals surface area (Å²) in [6, 6.07) is 0. The summed E-state index contributed by atoms with van der Waals surface area (Å²) in [6.07, 6.45) is -15.3. The fraction of sp³-hybridized carbons (Fsp3) is 1.00. The van der Waals surface area contributed by atoms with Gasteiger partial charge in [0.05, 0.1) is 44.7 Å². The van der Waals surface area contributed by atoms with Gasteiger partial charge < -0.3 is 94.4 Å². The van der Waals surface area contributed by atoms with Gasteiger partial charge in [0, 0.05) is 12.3 Å². The van der Waals surface area contributed by atoms with Gasteiger partial charge in [0.2, 0.25) is 0 Å². The maximum atomic E-state index is 12.0. The Labute approximate surface area is 368 Å². The highest BCUT2D eigenvalue weighted by Gasteiger charge is 2.69. The molecule has 4 saturated carbocycles. The Hall–Kier alpha value is -0.760. The van der Waals surface area contributed by atoms with E-state index in [9.17, 15) is 61.3 Å². The van der Waals surface area contributed by atoms with Crippen LogP contribution in [0.25, 0.3) is 0 Å². The Morgan fingerprint density at radius 2 is 1.37 bits per heavy atom. The summed E-state index contributed by atoms with van der Waals surface area (Å²) in [4.78, 5) is 0. The Balaban J connectivity index is 0.880. The van der Waals surface area contributed by atoms with Crippen molar-refractivity contribution in [3.05, 3.63) is 0 Å². The molecule has 63 heavy (non-hydrogen) atoms. The molecule has 19 heteroatoms. The molecule has 27 atom stereocenters. The van der Waals surface area contributed by atoms with Crippen LogP contribution >= 0.6 is 0 Å². The van der Waals surface area contributed by atoms with Crippen LogP contribution < -0.4 is 0 Å². The first-order chi connectivity index (χ1) is 29.8. The predicted molar refractivity (Wildman–Crippen MR) is 214 cm³/mol. The van der Waals surface area contributed by atoms with Crippen molar-refractivity contribution >= 4 is 0 Å². The van der Waals surface area contributed by atoms with Crippen LogP contribution in [-0.4, -0.2) is 198 Å². The van der Waals surface area contributed by atoms with Gasteiger partial charge in [0.25, 0.3) is 0 Å². The molecule has 4 aliphatic carbocycles. The molecule has 19 nitrogen and oxygen atoms in total. The van der Waals surface area contributed by atoms with Gasteiger partial charge in [-0.3, -0.25) is 0 Å². The minimum Gasteiger partial charge on any atom is -0.394 e. The molecule has 0 spiro atoms. The lowest BCUT2D eigenvalue weighted by molar-refractivity contribution is -0.367. The average Bonchev–Trinajstić information content (AvgIpc) is 3.69. The lowest BCUT2D eigenvalue weighted by Gasteiger charge is -2.62. The van der Waals surface area contributed by atoms with Gasteiger partial charge in [-0.1, -0.05) is 27.7 Å². The molecule has 8 aliphatic rings. The van der Waals surface area contributed by atoms with Crippen molar-refractivity contribution in [3.8, 4) is 0 Å². The van der Waals surface area contributed by atoms with E-state index in [-0.39, 0.29) is 53.8 Å². The second-order valence-electron chi connectivity index (χ2n) is 21.2. The number of rotatable bonds is 12. The number of fused-ring (bicyclic) bond motifs is 7. The summed E-state index contributed by atoms with van der Waals surface area (Å²) in [5.74, 6) is -0.0512. The molecule has 364 valence electrons. The van der Waals surface area contributed by atoms with Gasteiger partial charge in [0.15, 0.2) is 24.7 Å². The third-order valence-electron chi connectivity index (χ3n) is 17.6. The molecule has 4 aliphatic heterocycles. The second kappa shape index (κ2) is 18.6. The van der Waals surface area contributed by atoms with E-state index in [4.69, 9.17) is 33.2 Å². The first-order valence-corrected chi connectivity index (χ1v) is 23.4. The molecule has 4 heterocycles. The summed E-state index contributed by atoms with van der Waals surface area (Å²) >= 11 is 0. The van der Waals surface area contributed by atoms with Gasteiger partial charge in [-0.15, -0.1) is 0 Å². The highest BCUT2D eigenvalue weighted by molar-refractivity contribution is 5.15. The van der Waals surface area contributed by atoms with Gasteiger partial charge in [-0.05, 0) is 97.7 Å². The Morgan fingerprint density at radius 3 is 2.06 bits per heavy atom. The number of hydrogen-bond donors (Lipinski definition) is 12. The third-order valence-corrected chi connectivity index (χ3v) is 17.6. The third kappa shape index (κ3) is 8.58. The zero-order valence-corrected chi connectivity index (χ0v) is 36.8. The second-order valence-corrected chi connectivity index (χ2v) is 21.2. The highest BCUT2D eigenvalue weighted by Crippen LogP contribution is 2.71. The molecule has 0 amide bonds. The van der Waals surface area contributed by atoms with Crippen molar-refractivity contribution in [1.82, 2.24) is 0 Å². The van der Waals surface area contributed by atoms with E-state index in [1.54, 1.807) is 0 Å². The zero-order chi connectivity index (χ0) is 45.5.